The molecule has 0 aliphatic rings. The van der Waals surface area contributed by atoms with Crippen LogP contribution in [0.1, 0.15) is 19.0 Å². The van der Waals surface area contributed by atoms with Gasteiger partial charge < -0.3 is 5.73 Å². The summed E-state index contributed by atoms with van der Waals surface area (Å²) in [6, 6.07) is 6.67. The number of hydrogen-bond acceptors (Lipinski definition) is 2. The topological polar surface area (TPSA) is 38.9 Å². The smallest absolute Gasteiger partial charge is 0.149 e. The van der Waals surface area contributed by atoms with Crippen LogP contribution in [-0.4, -0.2) is 4.98 Å². The molecule has 0 radical (unpaired) electrons. The summed E-state index contributed by atoms with van der Waals surface area (Å²) >= 11 is 0. The summed E-state index contributed by atoms with van der Waals surface area (Å²) in [6.45, 7) is 2.06. The predicted molar refractivity (Wildman–Crippen MR) is 60.1 cm³/mol. The molecule has 0 aliphatic heterocycles. The molecule has 0 amide bonds. The van der Waals surface area contributed by atoms with Crippen LogP contribution in [0.3, 0.4) is 0 Å². The fourth-order valence-electron chi connectivity index (χ4n) is 1.68. The van der Waals surface area contributed by atoms with Gasteiger partial charge in [0.2, 0.25) is 0 Å². The second kappa shape index (κ2) is 3.85. The van der Waals surface area contributed by atoms with Gasteiger partial charge in [0.25, 0.3) is 0 Å². The van der Waals surface area contributed by atoms with E-state index >= 15 is 0 Å². The van der Waals surface area contributed by atoms with Gasteiger partial charge in [0.15, 0.2) is 0 Å². The number of halogens is 1. The van der Waals surface area contributed by atoms with Crippen LogP contribution in [0.2, 0.25) is 0 Å². The van der Waals surface area contributed by atoms with Crippen molar-refractivity contribution in [2.45, 2.75) is 19.8 Å². The molecule has 3 heteroatoms. The first-order valence-electron chi connectivity index (χ1n) is 5.06. The minimum atomic E-state index is -0.308. The van der Waals surface area contributed by atoms with Gasteiger partial charge in [-0.2, -0.15) is 0 Å². The Kier molecular flexibility index (Phi) is 2.54. The summed E-state index contributed by atoms with van der Waals surface area (Å²) < 4.78 is 13.5. The molecule has 15 heavy (non-hydrogen) atoms. The molecule has 0 saturated carbocycles. The highest BCUT2D eigenvalue weighted by atomic mass is 19.1. The molecule has 78 valence electrons. The molecule has 0 atom stereocenters. The molecule has 2 nitrogen and oxygen atoms in total. The molecule has 0 spiro atoms. The van der Waals surface area contributed by atoms with E-state index in [4.69, 9.17) is 5.73 Å². The Balaban J connectivity index is 2.68. The lowest BCUT2D eigenvalue weighted by Crippen LogP contribution is -1.97. The minimum absolute atomic E-state index is 0.308. The summed E-state index contributed by atoms with van der Waals surface area (Å²) in [6.07, 6.45) is 1.81. The molecule has 2 aromatic rings. The molecule has 0 saturated heterocycles. The van der Waals surface area contributed by atoms with Crippen LogP contribution in [0.4, 0.5) is 10.1 Å². The normalized spacial score (nSPS) is 10.8. The second-order valence-electron chi connectivity index (χ2n) is 3.59. The average Bonchev–Trinajstić information content (AvgIpc) is 2.20. The van der Waals surface area contributed by atoms with E-state index in [1.807, 2.05) is 6.07 Å². The number of rotatable bonds is 2. The Labute approximate surface area is 87.9 Å². The molecule has 0 bridgehead atoms. The van der Waals surface area contributed by atoms with Crippen LogP contribution in [0.25, 0.3) is 10.9 Å². The van der Waals surface area contributed by atoms with Crippen molar-refractivity contribution >= 4 is 16.6 Å². The third-order valence-electron chi connectivity index (χ3n) is 2.38. The molecule has 1 aromatic heterocycles. The van der Waals surface area contributed by atoms with Gasteiger partial charge in [-0.3, -0.25) is 0 Å². The number of nitrogens with two attached hydrogens (primary N) is 1. The first kappa shape index (κ1) is 9.90. The summed E-state index contributed by atoms with van der Waals surface area (Å²) in [5, 5.41) is 0.690. The van der Waals surface area contributed by atoms with Gasteiger partial charge in [-0.25, -0.2) is 9.37 Å². The number of fused-ring (bicyclic) bond motifs is 1. The van der Waals surface area contributed by atoms with Crippen LogP contribution >= 0.6 is 0 Å². The third kappa shape index (κ3) is 1.77. The van der Waals surface area contributed by atoms with Crippen molar-refractivity contribution in [2.75, 3.05) is 5.73 Å². The number of pyridine rings is 1. The van der Waals surface area contributed by atoms with E-state index in [1.54, 1.807) is 12.1 Å². The maximum Gasteiger partial charge on any atom is 0.149 e. The first-order chi connectivity index (χ1) is 7.22. The van der Waals surface area contributed by atoms with Crippen molar-refractivity contribution in [2.24, 2.45) is 0 Å². The van der Waals surface area contributed by atoms with E-state index in [9.17, 15) is 4.39 Å². The fraction of sp³-hybridized carbons (Fsp3) is 0.250. The minimum Gasteiger partial charge on any atom is -0.398 e. The van der Waals surface area contributed by atoms with Crippen molar-refractivity contribution in [1.82, 2.24) is 4.98 Å². The number of hydrogen-bond donors (Lipinski definition) is 1. The van der Waals surface area contributed by atoms with Gasteiger partial charge in [0, 0.05) is 16.8 Å². The van der Waals surface area contributed by atoms with Gasteiger partial charge >= 0.3 is 0 Å². The maximum atomic E-state index is 13.5. The molecule has 0 aliphatic carbocycles. The highest BCUT2D eigenvalue weighted by molar-refractivity contribution is 5.90. The molecular weight excluding hydrogens is 191 g/mol. The Morgan fingerprint density at radius 1 is 1.40 bits per heavy atom. The van der Waals surface area contributed by atoms with E-state index in [1.165, 1.54) is 6.07 Å². The molecule has 0 fully saturated rings. The van der Waals surface area contributed by atoms with Crippen LogP contribution in [0.5, 0.6) is 0 Å². The van der Waals surface area contributed by atoms with Crippen molar-refractivity contribution in [3.8, 4) is 0 Å². The van der Waals surface area contributed by atoms with E-state index < -0.39 is 0 Å². The van der Waals surface area contributed by atoms with E-state index in [2.05, 4.69) is 11.9 Å². The number of aromatic nitrogens is 1. The largest absolute Gasteiger partial charge is 0.398 e. The lowest BCUT2D eigenvalue weighted by Gasteiger charge is -2.05. The zero-order chi connectivity index (χ0) is 10.8. The van der Waals surface area contributed by atoms with E-state index in [-0.39, 0.29) is 5.82 Å². The van der Waals surface area contributed by atoms with Crippen molar-refractivity contribution < 1.29 is 4.39 Å². The van der Waals surface area contributed by atoms with Gasteiger partial charge in [-0.05, 0) is 18.6 Å². The fourth-order valence-corrected chi connectivity index (χ4v) is 1.68. The zero-order valence-corrected chi connectivity index (χ0v) is 8.63. The van der Waals surface area contributed by atoms with Crippen molar-refractivity contribution in [3.63, 3.8) is 0 Å². The van der Waals surface area contributed by atoms with E-state index in [0.717, 1.165) is 18.5 Å². The highest BCUT2D eigenvalue weighted by Crippen LogP contribution is 2.22. The summed E-state index contributed by atoms with van der Waals surface area (Å²) in [4.78, 5) is 4.27. The molecular formula is C12H13FN2. The Hall–Kier alpha value is -1.64. The molecule has 2 N–H and O–H groups in total. The standard InChI is InChI=1S/C12H13FN2/c1-2-4-8-7-11(14)9-5-3-6-10(13)12(9)15-8/h3,5-7H,2,4H2,1H3,(H2,14,15). The zero-order valence-electron chi connectivity index (χ0n) is 8.63. The Bertz CT molecular complexity index is 494. The van der Waals surface area contributed by atoms with Gasteiger partial charge in [0.1, 0.15) is 11.3 Å². The number of benzene rings is 1. The highest BCUT2D eigenvalue weighted by Gasteiger charge is 2.06. The van der Waals surface area contributed by atoms with E-state index in [0.29, 0.717) is 16.6 Å². The average molecular weight is 204 g/mol. The SMILES string of the molecule is CCCc1cc(N)c2cccc(F)c2n1. The van der Waals surface area contributed by atoms with Crippen LogP contribution in [0.15, 0.2) is 24.3 Å². The Morgan fingerprint density at radius 2 is 2.20 bits per heavy atom. The number of anilines is 1. The summed E-state index contributed by atoms with van der Waals surface area (Å²) in [5.74, 6) is -0.308. The lowest BCUT2D eigenvalue weighted by molar-refractivity contribution is 0.636. The number of aryl methyl sites for hydroxylation is 1. The number of nitrogens with zero attached hydrogens (tertiary/aromatic N) is 1. The predicted octanol–water partition coefficient (Wildman–Crippen LogP) is 2.91. The maximum absolute atomic E-state index is 13.5. The molecule has 1 aromatic carbocycles. The van der Waals surface area contributed by atoms with Crippen molar-refractivity contribution in [3.05, 3.63) is 35.8 Å². The monoisotopic (exact) mass is 204 g/mol. The lowest BCUT2D eigenvalue weighted by atomic mass is 10.1. The molecule has 0 unspecified atom stereocenters. The quantitative estimate of drug-likeness (QED) is 0.816. The van der Waals surface area contributed by atoms with Gasteiger partial charge in [-0.1, -0.05) is 25.5 Å². The first-order valence-corrected chi connectivity index (χ1v) is 5.06. The van der Waals surface area contributed by atoms with Gasteiger partial charge in [0.05, 0.1) is 0 Å². The number of para-hydroxylation sites is 1. The van der Waals surface area contributed by atoms with Crippen LogP contribution in [-0.2, 0) is 6.42 Å². The third-order valence-corrected chi connectivity index (χ3v) is 2.38. The summed E-state index contributed by atoms with van der Waals surface area (Å²) in [5.41, 5.74) is 7.68. The van der Waals surface area contributed by atoms with Crippen molar-refractivity contribution in [1.29, 1.82) is 0 Å². The van der Waals surface area contributed by atoms with Gasteiger partial charge in [-0.15, -0.1) is 0 Å². The number of nitrogen functional groups attached to an aromatic ring is 1. The molecule has 1 heterocycles. The molecule has 2 rings (SSSR count). The van der Waals surface area contributed by atoms with Crippen LogP contribution in [0, 0.1) is 5.82 Å². The second-order valence-corrected chi connectivity index (χ2v) is 3.59. The summed E-state index contributed by atoms with van der Waals surface area (Å²) in [7, 11) is 0. The Morgan fingerprint density at radius 3 is 2.93 bits per heavy atom. The van der Waals surface area contributed by atoms with Crippen LogP contribution < -0.4 is 5.73 Å².